The minimum atomic E-state index is -0.923. The maximum absolute atomic E-state index is 11.1. The molecule has 0 fully saturated rings. The molecule has 1 atom stereocenters. The summed E-state index contributed by atoms with van der Waals surface area (Å²) in [5.41, 5.74) is 1.16. The largest absolute Gasteiger partial charge is 0.496 e. The summed E-state index contributed by atoms with van der Waals surface area (Å²) in [5.74, 6) is -0.210. The average Bonchev–Trinajstić information content (AvgIpc) is 3.00. The maximum atomic E-state index is 11.1. The topological polar surface area (TPSA) is 49.8 Å². The summed E-state index contributed by atoms with van der Waals surface area (Å²) in [4.78, 5) is 14.6. The van der Waals surface area contributed by atoms with Crippen LogP contribution in [0.2, 0.25) is 0 Å². The van der Waals surface area contributed by atoms with Crippen LogP contribution < -0.4 is 4.74 Å². The second kappa shape index (κ2) is 6.74. The standard InChI is InChI=1S/C16H19NO3S/c1-11(15-5-4-8-21-15)17(2)10-13-9-12(16(18)19)6-7-14(13)20-3/h4-9,11H,10H2,1-3H3,(H,18,19). The van der Waals surface area contributed by atoms with Crippen molar-refractivity contribution in [2.75, 3.05) is 14.2 Å². The van der Waals surface area contributed by atoms with Gasteiger partial charge < -0.3 is 9.84 Å². The van der Waals surface area contributed by atoms with Crippen molar-refractivity contribution < 1.29 is 14.6 Å². The Morgan fingerprint density at radius 2 is 2.19 bits per heavy atom. The first-order valence-electron chi connectivity index (χ1n) is 6.66. The van der Waals surface area contributed by atoms with Crippen LogP contribution in [0.4, 0.5) is 0 Å². The zero-order valence-electron chi connectivity index (χ0n) is 12.4. The van der Waals surface area contributed by atoms with E-state index in [4.69, 9.17) is 9.84 Å². The van der Waals surface area contributed by atoms with E-state index in [0.29, 0.717) is 12.3 Å². The molecule has 5 heteroatoms. The van der Waals surface area contributed by atoms with Gasteiger partial charge in [-0.05, 0) is 43.6 Å². The van der Waals surface area contributed by atoms with Crippen LogP contribution in [-0.2, 0) is 6.54 Å². The Balaban J connectivity index is 2.21. The van der Waals surface area contributed by atoms with Gasteiger partial charge in [0.2, 0.25) is 0 Å². The zero-order chi connectivity index (χ0) is 15.4. The van der Waals surface area contributed by atoms with Gasteiger partial charge in [-0.15, -0.1) is 11.3 Å². The van der Waals surface area contributed by atoms with Crippen molar-refractivity contribution in [3.05, 3.63) is 51.7 Å². The van der Waals surface area contributed by atoms with Gasteiger partial charge in [-0.1, -0.05) is 6.07 Å². The number of hydrogen-bond donors (Lipinski definition) is 1. The number of nitrogens with zero attached hydrogens (tertiary/aromatic N) is 1. The molecule has 1 unspecified atom stereocenters. The Morgan fingerprint density at radius 1 is 1.43 bits per heavy atom. The van der Waals surface area contributed by atoms with Crippen LogP contribution >= 0.6 is 11.3 Å². The third-order valence-corrected chi connectivity index (χ3v) is 4.61. The molecule has 2 rings (SSSR count). The number of ether oxygens (including phenoxy) is 1. The van der Waals surface area contributed by atoms with Crippen molar-refractivity contribution >= 4 is 17.3 Å². The molecule has 1 N–H and O–H groups in total. The number of hydrogen-bond acceptors (Lipinski definition) is 4. The monoisotopic (exact) mass is 305 g/mol. The lowest BCUT2D eigenvalue weighted by Gasteiger charge is -2.24. The lowest BCUT2D eigenvalue weighted by atomic mass is 10.1. The van der Waals surface area contributed by atoms with Crippen LogP contribution in [0.3, 0.4) is 0 Å². The molecule has 0 spiro atoms. The highest BCUT2D eigenvalue weighted by molar-refractivity contribution is 7.10. The predicted molar refractivity (Wildman–Crippen MR) is 84.2 cm³/mol. The van der Waals surface area contributed by atoms with Gasteiger partial charge in [0, 0.05) is 23.0 Å². The van der Waals surface area contributed by atoms with Crippen LogP contribution in [0.25, 0.3) is 0 Å². The summed E-state index contributed by atoms with van der Waals surface area (Å²) in [5, 5.41) is 11.2. The lowest BCUT2D eigenvalue weighted by molar-refractivity contribution is 0.0696. The number of methoxy groups -OCH3 is 1. The zero-order valence-corrected chi connectivity index (χ0v) is 13.2. The molecule has 0 bridgehead atoms. The number of carbonyl (C=O) groups is 1. The molecule has 1 heterocycles. The molecule has 0 aliphatic carbocycles. The first-order chi connectivity index (χ1) is 10.0. The van der Waals surface area contributed by atoms with Crippen molar-refractivity contribution in [1.82, 2.24) is 4.90 Å². The first-order valence-corrected chi connectivity index (χ1v) is 7.54. The van der Waals surface area contributed by atoms with Gasteiger partial charge in [0.15, 0.2) is 0 Å². The Kier molecular flexibility index (Phi) is 4.98. The van der Waals surface area contributed by atoms with E-state index in [-0.39, 0.29) is 11.6 Å². The summed E-state index contributed by atoms with van der Waals surface area (Å²) in [6.45, 7) is 2.77. The van der Waals surface area contributed by atoms with Crippen LogP contribution in [0.15, 0.2) is 35.7 Å². The van der Waals surface area contributed by atoms with Crippen LogP contribution in [-0.4, -0.2) is 30.1 Å². The van der Waals surface area contributed by atoms with Gasteiger partial charge in [-0.25, -0.2) is 4.79 Å². The van der Waals surface area contributed by atoms with Crippen LogP contribution in [0, 0.1) is 0 Å². The predicted octanol–water partition coefficient (Wildman–Crippen LogP) is 3.65. The molecule has 0 aliphatic rings. The summed E-state index contributed by atoms with van der Waals surface area (Å²) in [6.07, 6.45) is 0. The molecule has 1 aromatic carbocycles. The Bertz CT molecular complexity index is 610. The molecular weight excluding hydrogens is 286 g/mol. The Labute approximate surface area is 128 Å². The molecule has 21 heavy (non-hydrogen) atoms. The van der Waals surface area contributed by atoms with Crippen molar-refractivity contribution in [3.8, 4) is 5.75 Å². The van der Waals surface area contributed by atoms with E-state index >= 15 is 0 Å². The van der Waals surface area contributed by atoms with E-state index in [1.165, 1.54) is 4.88 Å². The number of benzene rings is 1. The highest BCUT2D eigenvalue weighted by atomic mass is 32.1. The molecule has 112 valence electrons. The minimum absolute atomic E-state index is 0.267. The Morgan fingerprint density at radius 3 is 2.76 bits per heavy atom. The maximum Gasteiger partial charge on any atom is 0.335 e. The van der Waals surface area contributed by atoms with Crippen molar-refractivity contribution in [1.29, 1.82) is 0 Å². The molecule has 4 nitrogen and oxygen atoms in total. The third-order valence-electron chi connectivity index (χ3n) is 3.56. The third kappa shape index (κ3) is 3.62. The molecule has 0 saturated carbocycles. The van der Waals surface area contributed by atoms with Crippen LogP contribution in [0.1, 0.15) is 33.8 Å². The quantitative estimate of drug-likeness (QED) is 0.885. The highest BCUT2D eigenvalue weighted by Crippen LogP contribution is 2.27. The molecule has 1 aromatic heterocycles. The molecule has 0 aliphatic heterocycles. The lowest BCUT2D eigenvalue weighted by Crippen LogP contribution is -2.21. The molecule has 0 saturated heterocycles. The normalized spacial score (nSPS) is 12.4. The molecular formula is C16H19NO3S. The van der Waals surface area contributed by atoms with E-state index in [9.17, 15) is 4.79 Å². The average molecular weight is 305 g/mol. The first kappa shape index (κ1) is 15.5. The van der Waals surface area contributed by atoms with Crippen LogP contribution in [0.5, 0.6) is 5.75 Å². The molecule has 0 radical (unpaired) electrons. The van der Waals surface area contributed by atoms with Gasteiger partial charge in [-0.2, -0.15) is 0 Å². The van der Waals surface area contributed by atoms with E-state index in [2.05, 4.69) is 23.3 Å². The fourth-order valence-electron chi connectivity index (χ4n) is 2.19. The van der Waals surface area contributed by atoms with Crippen molar-refractivity contribution in [3.63, 3.8) is 0 Å². The summed E-state index contributed by atoms with van der Waals surface area (Å²) >= 11 is 1.72. The minimum Gasteiger partial charge on any atom is -0.496 e. The number of rotatable bonds is 6. The number of carboxylic acids is 1. The van der Waals surface area contributed by atoms with Gasteiger partial charge in [-0.3, -0.25) is 4.90 Å². The van der Waals surface area contributed by atoms with E-state index in [0.717, 1.165) is 5.56 Å². The number of thiophene rings is 1. The smallest absolute Gasteiger partial charge is 0.335 e. The van der Waals surface area contributed by atoms with Crippen molar-refractivity contribution in [2.24, 2.45) is 0 Å². The highest BCUT2D eigenvalue weighted by Gasteiger charge is 2.16. The summed E-state index contributed by atoms with van der Waals surface area (Å²) in [7, 11) is 3.62. The molecule has 2 aromatic rings. The summed E-state index contributed by atoms with van der Waals surface area (Å²) < 4.78 is 5.33. The Hall–Kier alpha value is -1.85. The fraction of sp³-hybridized carbons (Fsp3) is 0.312. The molecule has 0 amide bonds. The van der Waals surface area contributed by atoms with E-state index in [1.54, 1.807) is 36.6 Å². The summed E-state index contributed by atoms with van der Waals surface area (Å²) in [6, 6.07) is 9.37. The van der Waals surface area contributed by atoms with Gasteiger partial charge in [0.05, 0.1) is 12.7 Å². The fourth-order valence-corrected chi connectivity index (χ4v) is 3.04. The van der Waals surface area contributed by atoms with Gasteiger partial charge in [0.25, 0.3) is 0 Å². The second-order valence-corrected chi connectivity index (χ2v) is 5.92. The number of aromatic carboxylic acids is 1. The number of carboxylic acid groups (broad SMARTS) is 1. The van der Waals surface area contributed by atoms with Crippen molar-refractivity contribution in [2.45, 2.75) is 19.5 Å². The second-order valence-electron chi connectivity index (χ2n) is 4.94. The van der Waals surface area contributed by atoms with E-state index in [1.807, 2.05) is 13.1 Å². The van der Waals surface area contributed by atoms with Gasteiger partial charge >= 0.3 is 5.97 Å². The SMILES string of the molecule is COc1ccc(C(=O)O)cc1CN(C)C(C)c1cccs1. The van der Waals surface area contributed by atoms with Gasteiger partial charge in [0.1, 0.15) is 5.75 Å². The van der Waals surface area contributed by atoms with E-state index < -0.39 is 5.97 Å².